The Morgan fingerprint density at radius 2 is 2.15 bits per heavy atom. The Morgan fingerprint density at radius 3 is 2.80 bits per heavy atom. The summed E-state index contributed by atoms with van der Waals surface area (Å²) in [4.78, 5) is 4.30. The van der Waals surface area contributed by atoms with E-state index in [9.17, 15) is 0 Å². The minimum Gasteiger partial charge on any atom is -0.380 e. The molecule has 0 bridgehead atoms. The van der Waals surface area contributed by atoms with Crippen molar-refractivity contribution in [1.82, 2.24) is 9.55 Å². The van der Waals surface area contributed by atoms with Crippen LogP contribution in [0.1, 0.15) is 31.0 Å². The van der Waals surface area contributed by atoms with Crippen molar-refractivity contribution in [1.29, 1.82) is 0 Å². The molecule has 2 rings (SSSR count). The highest BCUT2D eigenvalue weighted by atomic mass is 16.5. The van der Waals surface area contributed by atoms with Gasteiger partial charge in [-0.25, -0.2) is 4.98 Å². The summed E-state index contributed by atoms with van der Waals surface area (Å²) >= 11 is 0. The van der Waals surface area contributed by atoms with Gasteiger partial charge in [-0.15, -0.1) is 0 Å². The summed E-state index contributed by atoms with van der Waals surface area (Å²) < 4.78 is 7.31. The number of aromatic nitrogens is 2. The fourth-order valence-electron chi connectivity index (χ4n) is 2.49. The lowest BCUT2D eigenvalue weighted by molar-refractivity contribution is 0.185. The average molecular weight is 273 g/mol. The first-order valence-electron chi connectivity index (χ1n) is 6.98. The molecule has 0 spiro atoms. The molecule has 0 saturated heterocycles. The maximum absolute atomic E-state index is 5.93. The van der Waals surface area contributed by atoms with Crippen molar-refractivity contribution in [3.63, 3.8) is 0 Å². The zero-order valence-corrected chi connectivity index (χ0v) is 12.4. The molecule has 1 atom stereocenters. The van der Waals surface area contributed by atoms with Gasteiger partial charge in [-0.3, -0.25) is 0 Å². The average Bonchev–Trinajstić information content (AvgIpc) is 2.89. The summed E-state index contributed by atoms with van der Waals surface area (Å²) in [5, 5.41) is 0. The van der Waals surface area contributed by atoms with Gasteiger partial charge in [0.1, 0.15) is 0 Å². The van der Waals surface area contributed by atoms with E-state index in [0.29, 0.717) is 25.0 Å². The molecule has 108 valence electrons. The zero-order chi connectivity index (χ0) is 14.5. The normalized spacial score (nSPS) is 12.8. The lowest BCUT2D eigenvalue weighted by atomic mass is 9.93. The third kappa shape index (κ3) is 3.08. The summed E-state index contributed by atoms with van der Waals surface area (Å²) in [6, 6.07) is 8.31. The van der Waals surface area contributed by atoms with Gasteiger partial charge in [0.05, 0.1) is 12.9 Å². The van der Waals surface area contributed by atoms with Crippen molar-refractivity contribution in [3.8, 4) is 5.69 Å². The molecule has 0 amide bonds. The highest BCUT2D eigenvalue weighted by molar-refractivity contribution is 5.38. The number of benzene rings is 1. The zero-order valence-electron chi connectivity index (χ0n) is 12.4. The number of hydrogen-bond acceptors (Lipinski definition) is 3. The summed E-state index contributed by atoms with van der Waals surface area (Å²) in [5.74, 6) is 0.793. The first kappa shape index (κ1) is 14.8. The van der Waals surface area contributed by atoms with Crippen molar-refractivity contribution >= 4 is 0 Å². The van der Waals surface area contributed by atoms with Crippen LogP contribution < -0.4 is 5.73 Å². The second-order valence-electron chi connectivity index (χ2n) is 5.38. The quantitative estimate of drug-likeness (QED) is 0.880. The van der Waals surface area contributed by atoms with E-state index in [0.717, 1.165) is 16.9 Å². The van der Waals surface area contributed by atoms with Crippen molar-refractivity contribution in [2.24, 2.45) is 11.7 Å². The maximum Gasteiger partial charge on any atom is 0.0994 e. The van der Waals surface area contributed by atoms with E-state index in [2.05, 4.69) is 41.6 Å². The summed E-state index contributed by atoms with van der Waals surface area (Å²) in [6.45, 7) is 5.62. The van der Waals surface area contributed by atoms with E-state index in [-0.39, 0.29) is 0 Å². The minimum absolute atomic E-state index is 0.309. The summed E-state index contributed by atoms with van der Waals surface area (Å²) in [6.07, 6.45) is 3.77. The van der Waals surface area contributed by atoms with Gasteiger partial charge in [0.15, 0.2) is 0 Å². The third-order valence-corrected chi connectivity index (χ3v) is 3.61. The van der Waals surface area contributed by atoms with E-state index in [1.54, 1.807) is 7.11 Å². The summed E-state index contributed by atoms with van der Waals surface area (Å²) in [5.41, 5.74) is 9.35. The molecule has 0 fully saturated rings. The predicted octanol–water partition coefficient (Wildman–Crippen LogP) is 2.72. The third-order valence-electron chi connectivity index (χ3n) is 3.61. The van der Waals surface area contributed by atoms with Crippen molar-refractivity contribution < 1.29 is 4.74 Å². The largest absolute Gasteiger partial charge is 0.380 e. The Bertz CT molecular complexity index is 548. The molecule has 20 heavy (non-hydrogen) atoms. The molecular formula is C16H23N3O. The van der Waals surface area contributed by atoms with Crippen LogP contribution in [0, 0.1) is 5.92 Å². The smallest absolute Gasteiger partial charge is 0.0994 e. The van der Waals surface area contributed by atoms with Gasteiger partial charge >= 0.3 is 0 Å². The summed E-state index contributed by atoms with van der Waals surface area (Å²) in [7, 11) is 1.71. The second-order valence-corrected chi connectivity index (χ2v) is 5.38. The standard InChI is InChI=1S/C16H23N3O/c1-12(2)15(8-17)16-9-18-11-19(16)14-6-4-5-13(7-14)10-20-3/h4-7,9,11-12,15H,8,10,17H2,1-3H3. The van der Waals surface area contributed by atoms with Gasteiger partial charge in [-0.2, -0.15) is 0 Å². The molecule has 1 heterocycles. The van der Waals surface area contributed by atoms with Gasteiger partial charge in [0.25, 0.3) is 0 Å². The number of methoxy groups -OCH3 is 1. The Hall–Kier alpha value is -1.65. The molecule has 0 aliphatic rings. The van der Waals surface area contributed by atoms with Crippen LogP contribution in [0.15, 0.2) is 36.8 Å². The van der Waals surface area contributed by atoms with E-state index >= 15 is 0 Å². The molecule has 0 aliphatic carbocycles. The van der Waals surface area contributed by atoms with E-state index < -0.39 is 0 Å². The van der Waals surface area contributed by atoms with E-state index in [1.165, 1.54) is 0 Å². The number of nitrogens with two attached hydrogens (primary N) is 1. The Morgan fingerprint density at radius 1 is 1.35 bits per heavy atom. The molecule has 1 aromatic heterocycles. The molecule has 4 heteroatoms. The van der Waals surface area contributed by atoms with Crippen LogP contribution in [-0.4, -0.2) is 23.2 Å². The molecule has 4 nitrogen and oxygen atoms in total. The number of rotatable bonds is 6. The topological polar surface area (TPSA) is 53.1 Å². The number of hydrogen-bond donors (Lipinski definition) is 1. The van der Waals surface area contributed by atoms with Crippen LogP contribution in [0.2, 0.25) is 0 Å². The van der Waals surface area contributed by atoms with Crippen LogP contribution in [-0.2, 0) is 11.3 Å². The van der Waals surface area contributed by atoms with Crippen LogP contribution in [0.3, 0.4) is 0 Å². The number of ether oxygens (including phenoxy) is 1. The maximum atomic E-state index is 5.93. The van der Waals surface area contributed by atoms with Crippen LogP contribution in [0.5, 0.6) is 0 Å². The minimum atomic E-state index is 0.309. The first-order valence-corrected chi connectivity index (χ1v) is 6.98. The second kappa shape index (κ2) is 6.68. The van der Waals surface area contributed by atoms with Crippen molar-refractivity contribution in [2.75, 3.05) is 13.7 Å². The SMILES string of the molecule is COCc1cccc(-n2cncc2C(CN)C(C)C)c1. The van der Waals surface area contributed by atoms with Crippen LogP contribution in [0.4, 0.5) is 0 Å². The van der Waals surface area contributed by atoms with Gasteiger partial charge in [0.2, 0.25) is 0 Å². The van der Waals surface area contributed by atoms with Crippen molar-refractivity contribution in [3.05, 3.63) is 48.0 Å². The van der Waals surface area contributed by atoms with Crippen LogP contribution >= 0.6 is 0 Å². The molecule has 1 unspecified atom stereocenters. The lowest BCUT2D eigenvalue weighted by Crippen LogP contribution is -2.20. The van der Waals surface area contributed by atoms with Crippen molar-refractivity contribution in [2.45, 2.75) is 26.4 Å². The lowest BCUT2D eigenvalue weighted by Gasteiger charge is -2.21. The fraction of sp³-hybridized carbons (Fsp3) is 0.438. The molecule has 0 saturated carbocycles. The van der Waals surface area contributed by atoms with Gasteiger partial charge in [-0.1, -0.05) is 26.0 Å². The predicted molar refractivity (Wildman–Crippen MR) is 80.9 cm³/mol. The highest BCUT2D eigenvalue weighted by Gasteiger charge is 2.18. The Labute approximate surface area is 120 Å². The number of nitrogens with zero attached hydrogens (tertiary/aromatic N) is 2. The molecule has 1 aromatic carbocycles. The monoisotopic (exact) mass is 273 g/mol. The van der Waals surface area contributed by atoms with E-state index in [4.69, 9.17) is 10.5 Å². The number of imidazole rings is 1. The molecule has 0 aliphatic heterocycles. The Kier molecular flexibility index (Phi) is 4.93. The van der Waals surface area contributed by atoms with E-state index in [1.807, 2.05) is 18.6 Å². The fourth-order valence-corrected chi connectivity index (χ4v) is 2.49. The van der Waals surface area contributed by atoms with Gasteiger partial charge in [0, 0.05) is 37.2 Å². The first-order chi connectivity index (χ1) is 9.67. The van der Waals surface area contributed by atoms with Gasteiger partial charge in [-0.05, 0) is 23.6 Å². The molecule has 2 aromatic rings. The highest BCUT2D eigenvalue weighted by Crippen LogP contribution is 2.25. The molecule has 2 N–H and O–H groups in total. The Balaban J connectivity index is 2.38. The van der Waals surface area contributed by atoms with Gasteiger partial charge < -0.3 is 15.0 Å². The molecule has 0 radical (unpaired) electrons. The van der Waals surface area contributed by atoms with Crippen LogP contribution in [0.25, 0.3) is 5.69 Å². The molecular weight excluding hydrogens is 250 g/mol.